The van der Waals surface area contributed by atoms with Crippen LogP contribution in [0.25, 0.3) is 0 Å². The smallest absolute Gasteiger partial charge is 0.248 e. The van der Waals surface area contributed by atoms with Crippen molar-refractivity contribution in [1.82, 2.24) is 0 Å². The molecule has 0 aliphatic heterocycles. The number of nitrogens with two attached hydrogens (primary N) is 1. The minimum Gasteiger partial charge on any atom is -0.366 e. The van der Waals surface area contributed by atoms with E-state index in [4.69, 9.17) is 5.73 Å². The molecular weight excluding hydrogens is 213 g/mol. The second-order valence-corrected chi connectivity index (χ2v) is 1.87. The largest absolute Gasteiger partial charge is 0.366 e. The monoisotopic (exact) mass is 219 g/mol. The zero-order chi connectivity index (χ0) is 7.56. The van der Waals surface area contributed by atoms with E-state index in [0.29, 0.717) is 5.56 Å². The number of amides is 1. The van der Waals surface area contributed by atoms with Crippen molar-refractivity contribution in [1.29, 1.82) is 0 Å². The van der Waals surface area contributed by atoms with Crippen LogP contribution in [0.1, 0.15) is 10.4 Å². The fourth-order valence-electron chi connectivity index (χ4n) is 0.614. The highest BCUT2D eigenvalue weighted by molar-refractivity contribution is 8.93. The fraction of sp³-hybridized carbons (Fsp3) is 0. The van der Waals surface area contributed by atoms with Crippen molar-refractivity contribution in [2.75, 3.05) is 0 Å². The van der Waals surface area contributed by atoms with Crippen molar-refractivity contribution < 1.29 is 9.18 Å². The molecule has 0 saturated heterocycles. The van der Waals surface area contributed by atoms with E-state index in [2.05, 4.69) is 0 Å². The van der Waals surface area contributed by atoms with Crippen molar-refractivity contribution in [3.05, 3.63) is 35.6 Å². The van der Waals surface area contributed by atoms with E-state index in [-0.39, 0.29) is 22.8 Å². The maximum absolute atomic E-state index is 12.2. The molecule has 0 saturated carbocycles. The molecule has 0 heterocycles. The van der Waals surface area contributed by atoms with Gasteiger partial charge in [-0.1, -0.05) is 0 Å². The molecule has 11 heavy (non-hydrogen) atoms. The highest BCUT2D eigenvalue weighted by Crippen LogP contribution is 2.00. The quantitative estimate of drug-likeness (QED) is 0.765. The Morgan fingerprint density at radius 3 is 2.09 bits per heavy atom. The minimum atomic E-state index is -0.542. The summed E-state index contributed by atoms with van der Waals surface area (Å²) in [4.78, 5) is 10.4. The van der Waals surface area contributed by atoms with Gasteiger partial charge in [-0.15, -0.1) is 17.0 Å². The summed E-state index contributed by atoms with van der Waals surface area (Å²) in [6.45, 7) is 0. The number of benzene rings is 1. The SMILES string of the molecule is Br.NC(=O)c1ccc(F)cc1. The zero-order valence-electron chi connectivity index (χ0n) is 5.58. The summed E-state index contributed by atoms with van der Waals surface area (Å²) in [5.74, 6) is -0.912. The van der Waals surface area contributed by atoms with Gasteiger partial charge in [0.25, 0.3) is 0 Å². The Balaban J connectivity index is 0.000001000. The van der Waals surface area contributed by atoms with Gasteiger partial charge in [0.1, 0.15) is 5.82 Å². The van der Waals surface area contributed by atoms with Crippen LogP contribution in [0, 0.1) is 5.82 Å². The lowest BCUT2D eigenvalue weighted by Crippen LogP contribution is -2.10. The van der Waals surface area contributed by atoms with E-state index in [1.165, 1.54) is 24.3 Å². The molecule has 1 rings (SSSR count). The number of carbonyl (C=O) groups is 1. The number of rotatable bonds is 1. The van der Waals surface area contributed by atoms with Crippen LogP contribution in [-0.4, -0.2) is 5.91 Å². The Labute approximate surface area is 74.0 Å². The molecule has 2 N–H and O–H groups in total. The topological polar surface area (TPSA) is 43.1 Å². The normalized spacial score (nSPS) is 8.45. The molecule has 0 aliphatic rings. The first-order chi connectivity index (χ1) is 4.70. The molecule has 1 aromatic rings. The van der Waals surface area contributed by atoms with Crippen LogP contribution in [0.5, 0.6) is 0 Å². The van der Waals surface area contributed by atoms with Crippen LogP contribution in [-0.2, 0) is 0 Å². The summed E-state index contributed by atoms with van der Waals surface area (Å²) in [7, 11) is 0. The Morgan fingerprint density at radius 2 is 1.73 bits per heavy atom. The van der Waals surface area contributed by atoms with Crippen LogP contribution in [0.4, 0.5) is 4.39 Å². The fourth-order valence-corrected chi connectivity index (χ4v) is 0.614. The summed E-state index contributed by atoms with van der Waals surface area (Å²) in [5.41, 5.74) is 5.22. The second-order valence-electron chi connectivity index (χ2n) is 1.87. The Kier molecular flexibility index (Phi) is 3.74. The van der Waals surface area contributed by atoms with Crippen LogP contribution >= 0.6 is 17.0 Å². The highest BCUT2D eigenvalue weighted by Gasteiger charge is 1.97. The van der Waals surface area contributed by atoms with Gasteiger partial charge >= 0.3 is 0 Å². The number of hydrogen-bond acceptors (Lipinski definition) is 1. The first-order valence-corrected chi connectivity index (χ1v) is 2.75. The molecule has 4 heteroatoms. The maximum atomic E-state index is 12.2. The van der Waals surface area contributed by atoms with Gasteiger partial charge in [-0.2, -0.15) is 0 Å². The van der Waals surface area contributed by atoms with Gasteiger partial charge in [-0.05, 0) is 24.3 Å². The minimum absolute atomic E-state index is 0. The summed E-state index contributed by atoms with van der Waals surface area (Å²) in [5, 5.41) is 0. The number of halogens is 2. The summed E-state index contributed by atoms with van der Waals surface area (Å²) in [6, 6.07) is 5.08. The van der Waals surface area contributed by atoms with Crippen LogP contribution < -0.4 is 5.73 Å². The van der Waals surface area contributed by atoms with Crippen molar-refractivity contribution >= 4 is 22.9 Å². The molecule has 0 aliphatic carbocycles. The number of hydrogen-bond donors (Lipinski definition) is 1. The third-order valence-electron chi connectivity index (χ3n) is 1.13. The molecule has 0 atom stereocenters. The Bertz CT molecular complexity index is 247. The molecule has 0 aromatic heterocycles. The Morgan fingerprint density at radius 1 is 1.27 bits per heavy atom. The predicted molar refractivity (Wildman–Crippen MR) is 45.2 cm³/mol. The average molecular weight is 220 g/mol. The van der Waals surface area contributed by atoms with Gasteiger partial charge in [0.2, 0.25) is 5.91 Å². The maximum Gasteiger partial charge on any atom is 0.248 e. The van der Waals surface area contributed by atoms with Gasteiger partial charge in [0.05, 0.1) is 0 Å². The molecule has 0 unspecified atom stereocenters. The third-order valence-corrected chi connectivity index (χ3v) is 1.13. The summed E-state index contributed by atoms with van der Waals surface area (Å²) < 4.78 is 12.2. The molecule has 1 amide bonds. The summed E-state index contributed by atoms with van der Waals surface area (Å²) in [6.07, 6.45) is 0. The lowest BCUT2D eigenvalue weighted by Gasteiger charge is -1.91. The van der Waals surface area contributed by atoms with Crippen LogP contribution in [0.15, 0.2) is 24.3 Å². The molecule has 60 valence electrons. The molecule has 1 aromatic carbocycles. The van der Waals surface area contributed by atoms with E-state index >= 15 is 0 Å². The van der Waals surface area contributed by atoms with E-state index in [0.717, 1.165) is 0 Å². The zero-order valence-corrected chi connectivity index (χ0v) is 7.29. The van der Waals surface area contributed by atoms with E-state index in [9.17, 15) is 9.18 Å². The number of primary amides is 1. The molecule has 0 radical (unpaired) electrons. The van der Waals surface area contributed by atoms with Crippen LogP contribution in [0.3, 0.4) is 0 Å². The van der Waals surface area contributed by atoms with Crippen molar-refractivity contribution in [3.63, 3.8) is 0 Å². The molecular formula is C7H7BrFNO. The lowest BCUT2D eigenvalue weighted by molar-refractivity contribution is 0.100. The van der Waals surface area contributed by atoms with Crippen LogP contribution in [0.2, 0.25) is 0 Å². The van der Waals surface area contributed by atoms with E-state index < -0.39 is 5.91 Å². The van der Waals surface area contributed by atoms with E-state index in [1.54, 1.807) is 0 Å². The van der Waals surface area contributed by atoms with E-state index in [1.807, 2.05) is 0 Å². The van der Waals surface area contributed by atoms with Gasteiger partial charge in [0, 0.05) is 5.56 Å². The molecule has 2 nitrogen and oxygen atoms in total. The van der Waals surface area contributed by atoms with Gasteiger partial charge in [-0.25, -0.2) is 4.39 Å². The average Bonchev–Trinajstić information content (AvgIpc) is 1.88. The molecule has 0 spiro atoms. The first-order valence-electron chi connectivity index (χ1n) is 2.75. The van der Waals surface area contributed by atoms with Crippen molar-refractivity contribution in [2.45, 2.75) is 0 Å². The molecule has 0 fully saturated rings. The standard InChI is InChI=1S/C7H6FNO.BrH/c8-6-3-1-5(2-4-6)7(9)10;/h1-4H,(H2,9,10);1H. The first kappa shape index (κ1) is 10.1. The number of carbonyl (C=O) groups excluding carboxylic acids is 1. The van der Waals surface area contributed by atoms with Crippen molar-refractivity contribution in [2.24, 2.45) is 5.73 Å². The second kappa shape index (κ2) is 4.08. The predicted octanol–water partition coefficient (Wildman–Crippen LogP) is 1.50. The van der Waals surface area contributed by atoms with Gasteiger partial charge < -0.3 is 5.73 Å². The third kappa shape index (κ3) is 2.67. The summed E-state index contributed by atoms with van der Waals surface area (Å²) >= 11 is 0. The highest BCUT2D eigenvalue weighted by atomic mass is 79.9. The molecule has 0 bridgehead atoms. The lowest BCUT2D eigenvalue weighted by atomic mass is 10.2. The van der Waals surface area contributed by atoms with Gasteiger partial charge in [-0.3, -0.25) is 4.79 Å². The van der Waals surface area contributed by atoms with Crippen molar-refractivity contribution in [3.8, 4) is 0 Å². The van der Waals surface area contributed by atoms with Gasteiger partial charge in [0.15, 0.2) is 0 Å². The Hall–Kier alpha value is -0.900.